The Morgan fingerprint density at radius 1 is 1.03 bits per heavy atom. The minimum absolute atomic E-state index is 0.0212. The van der Waals surface area contributed by atoms with Gasteiger partial charge < -0.3 is 10.2 Å². The molecule has 30 heavy (non-hydrogen) atoms. The molecule has 4 nitrogen and oxygen atoms in total. The average Bonchev–Trinajstić information content (AvgIpc) is 2.66. The maximum absolute atomic E-state index is 13.4. The second kappa shape index (κ2) is 10.8. The Bertz CT molecular complexity index is 892. The van der Waals surface area contributed by atoms with Gasteiger partial charge in [-0.15, -0.1) is 0 Å². The van der Waals surface area contributed by atoms with E-state index < -0.39 is 6.04 Å². The van der Waals surface area contributed by atoms with Crippen molar-refractivity contribution in [1.29, 1.82) is 0 Å². The van der Waals surface area contributed by atoms with Crippen LogP contribution in [0.2, 0.25) is 10.0 Å². The number of nitrogens with one attached hydrogen (secondary N) is 1. The van der Waals surface area contributed by atoms with Gasteiger partial charge in [-0.25, -0.2) is 0 Å². The summed E-state index contributed by atoms with van der Waals surface area (Å²) in [5.74, 6) is -0.316. The summed E-state index contributed by atoms with van der Waals surface area (Å²) in [5, 5.41) is 3.88. The van der Waals surface area contributed by atoms with E-state index in [1.54, 1.807) is 23.1 Å². The van der Waals surface area contributed by atoms with Crippen LogP contribution in [0.15, 0.2) is 36.4 Å². The molecular weight excluding hydrogens is 419 g/mol. The first-order valence-corrected chi connectivity index (χ1v) is 11.0. The van der Waals surface area contributed by atoms with Crippen LogP contribution >= 0.6 is 23.2 Å². The predicted octanol–water partition coefficient (Wildman–Crippen LogP) is 5.48. The highest BCUT2D eigenvalue weighted by atomic mass is 35.5. The van der Waals surface area contributed by atoms with Gasteiger partial charge in [-0.1, -0.05) is 54.4 Å². The molecule has 162 valence electrons. The summed E-state index contributed by atoms with van der Waals surface area (Å²) in [5.41, 5.74) is 3.86. The van der Waals surface area contributed by atoms with Crippen molar-refractivity contribution in [3.05, 3.63) is 68.7 Å². The molecule has 1 atom stereocenters. The number of hydrogen-bond acceptors (Lipinski definition) is 2. The number of amides is 2. The van der Waals surface area contributed by atoms with Crippen molar-refractivity contribution in [1.82, 2.24) is 10.2 Å². The number of nitrogens with zero attached hydrogens (tertiary/aromatic N) is 1. The summed E-state index contributed by atoms with van der Waals surface area (Å²) in [6.07, 6.45) is 0.688. The Labute approximate surface area is 189 Å². The van der Waals surface area contributed by atoms with Crippen molar-refractivity contribution in [2.45, 2.75) is 66.1 Å². The van der Waals surface area contributed by atoms with E-state index in [4.69, 9.17) is 23.2 Å². The molecule has 2 amide bonds. The van der Waals surface area contributed by atoms with Crippen molar-refractivity contribution in [2.75, 3.05) is 0 Å². The van der Waals surface area contributed by atoms with Gasteiger partial charge in [0, 0.05) is 28.2 Å². The maximum Gasteiger partial charge on any atom is 0.243 e. The van der Waals surface area contributed by atoms with Gasteiger partial charge in [0.2, 0.25) is 11.8 Å². The van der Waals surface area contributed by atoms with E-state index in [0.717, 1.165) is 11.1 Å². The molecule has 0 saturated heterocycles. The molecule has 0 fully saturated rings. The van der Waals surface area contributed by atoms with Crippen LogP contribution in [0.4, 0.5) is 0 Å². The highest BCUT2D eigenvalue weighted by molar-refractivity contribution is 6.36. The van der Waals surface area contributed by atoms with Crippen LogP contribution in [0.5, 0.6) is 0 Å². The van der Waals surface area contributed by atoms with E-state index in [9.17, 15) is 9.59 Å². The zero-order chi connectivity index (χ0) is 22.4. The summed E-state index contributed by atoms with van der Waals surface area (Å²) < 4.78 is 0. The molecule has 0 spiro atoms. The Balaban J connectivity index is 2.39. The second-order valence-electron chi connectivity index (χ2n) is 7.90. The fraction of sp³-hybridized carbons (Fsp3) is 0.417. The minimum atomic E-state index is -0.612. The summed E-state index contributed by atoms with van der Waals surface area (Å²) in [6.45, 7) is 9.93. The van der Waals surface area contributed by atoms with Crippen LogP contribution in [0.3, 0.4) is 0 Å². The number of carbonyl (C=O) groups excluding carboxylic acids is 2. The lowest BCUT2D eigenvalue weighted by atomic mass is 10.0. The molecule has 6 heteroatoms. The quantitative estimate of drug-likeness (QED) is 0.580. The molecule has 0 unspecified atom stereocenters. The normalized spacial score (nSPS) is 12.0. The van der Waals surface area contributed by atoms with E-state index in [-0.39, 0.29) is 30.8 Å². The van der Waals surface area contributed by atoms with Crippen molar-refractivity contribution in [3.8, 4) is 0 Å². The average molecular weight is 449 g/mol. The van der Waals surface area contributed by atoms with Gasteiger partial charge >= 0.3 is 0 Å². The molecule has 2 aromatic rings. The van der Waals surface area contributed by atoms with Crippen molar-refractivity contribution in [3.63, 3.8) is 0 Å². The molecule has 1 N–H and O–H groups in total. The van der Waals surface area contributed by atoms with Crippen molar-refractivity contribution < 1.29 is 9.59 Å². The van der Waals surface area contributed by atoms with E-state index in [2.05, 4.69) is 5.32 Å². The number of benzene rings is 2. The summed E-state index contributed by atoms with van der Waals surface area (Å²) in [4.78, 5) is 27.9. The van der Waals surface area contributed by atoms with E-state index in [1.165, 1.54) is 5.56 Å². The first-order valence-electron chi connectivity index (χ1n) is 10.2. The molecule has 0 bridgehead atoms. The topological polar surface area (TPSA) is 49.4 Å². The summed E-state index contributed by atoms with van der Waals surface area (Å²) in [7, 11) is 0. The van der Waals surface area contributed by atoms with Gasteiger partial charge in [0.15, 0.2) is 0 Å². The van der Waals surface area contributed by atoms with E-state index in [1.807, 2.05) is 52.8 Å². The molecule has 0 aliphatic rings. The van der Waals surface area contributed by atoms with Gasteiger partial charge in [-0.05, 0) is 62.9 Å². The molecule has 0 heterocycles. The zero-order valence-corrected chi connectivity index (χ0v) is 19.8. The lowest BCUT2D eigenvalue weighted by Crippen LogP contribution is -2.50. The molecule has 2 aromatic carbocycles. The number of rotatable bonds is 8. The molecule has 0 aromatic heterocycles. The van der Waals surface area contributed by atoms with Gasteiger partial charge in [0.25, 0.3) is 0 Å². The molecular formula is C24H30Cl2N2O2. The standard InChI is InChI=1S/C24H30Cl2N2O2/c1-6-22(24(30)27-15(2)3)28(14-19-20(25)8-7-9-21(19)26)23(29)13-18-11-10-16(4)17(5)12-18/h7-12,15,22H,6,13-14H2,1-5H3,(H,27,30)/t22-/m1/s1. The molecule has 0 saturated carbocycles. The Morgan fingerprint density at radius 3 is 2.20 bits per heavy atom. The first-order chi connectivity index (χ1) is 14.1. The SMILES string of the molecule is CC[C@H](C(=O)NC(C)C)N(Cc1c(Cl)cccc1Cl)C(=O)Cc1ccc(C)c(C)c1. The Hall–Kier alpha value is -2.04. The largest absolute Gasteiger partial charge is 0.352 e. The number of halogens is 2. The predicted molar refractivity (Wildman–Crippen MR) is 124 cm³/mol. The van der Waals surface area contributed by atoms with Crippen molar-refractivity contribution >= 4 is 35.0 Å². The maximum atomic E-state index is 13.4. The fourth-order valence-electron chi connectivity index (χ4n) is 3.34. The second-order valence-corrected chi connectivity index (χ2v) is 8.72. The highest BCUT2D eigenvalue weighted by Gasteiger charge is 2.30. The summed E-state index contributed by atoms with van der Waals surface area (Å²) in [6, 6.07) is 10.6. The van der Waals surface area contributed by atoms with Gasteiger partial charge in [0.05, 0.1) is 6.42 Å². The number of hydrogen-bond donors (Lipinski definition) is 1. The Kier molecular flexibility index (Phi) is 8.75. The van der Waals surface area contributed by atoms with E-state index in [0.29, 0.717) is 22.0 Å². The third kappa shape index (κ3) is 6.23. The van der Waals surface area contributed by atoms with Crippen LogP contribution < -0.4 is 5.32 Å². The lowest BCUT2D eigenvalue weighted by Gasteiger charge is -2.32. The van der Waals surface area contributed by atoms with Crippen LogP contribution in [0.25, 0.3) is 0 Å². The van der Waals surface area contributed by atoms with Gasteiger partial charge in [-0.2, -0.15) is 0 Å². The smallest absolute Gasteiger partial charge is 0.243 e. The third-order valence-electron chi connectivity index (χ3n) is 5.13. The van der Waals surface area contributed by atoms with Gasteiger partial charge in [-0.3, -0.25) is 9.59 Å². The number of aryl methyl sites for hydroxylation is 2. The summed E-state index contributed by atoms with van der Waals surface area (Å²) >= 11 is 12.7. The lowest BCUT2D eigenvalue weighted by molar-refractivity contribution is -0.141. The van der Waals surface area contributed by atoms with Crippen LogP contribution in [0, 0.1) is 13.8 Å². The van der Waals surface area contributed by atoms with Gasteiger partial charge in [0.1, 0.15) is 6.04 Å². The third-order valence-corrected chi connectivity index (χ3v) is 5.84. The monoisotopic (exact) mass is 448 g/mol. The van der Waals surface area contributed by atoms with Crippen molar-refractivity contribution in [2.24, 2.45) is 0 Å². The van der Waals surface area contributed by atoms with Crippen LogP contribution in [0.1, 0.15) is 49.4 Å². The molecule has 2 rings (SSSR count). The first kappa shape index (κ1) is 24.2. The molecule has 0 aliphatic carbocycles. The molecule has 0 aliphatic heterocycles. The highest BCUT2D eigenvalue weighted by Crippen LogP contribution is 2.27. The minimum Gasteiger partial charge on any atom is -0.352 e. The van der Waals surface area contributed by atoms with Crippen LogP contribution in [-0.2, 0) is 22.6 Å². The molecule has 0 radical (unpaired) electrons. The number of carbonyl (C=O) groups is 2. The van der Waals surface area contributed by atoms with E-state index >= 15 is 0 Å². The zero-order valence-electron chi connectivity index (χ0n) is 18.3. The Morgan fingerprint density at radius 2 is 1.67 bits per heavy atom. The fourth-order valence-corrected chi connectivity index (χ4v) is 3.86. The van der Waals surface area contributed by atoms with Crippen LogP contribution in [-0.4, -0.2) is 28.8 Å².